The summed E-state index contributed by atoms with van der Waals surface area (Å²) < 4.78 is 1.75. The van der Waals surface area contributed by atoms with E-state index >= 15 is 0 Å². The Hall–Kier alpha value is -1.82. The van der Waals surface area contributed by atoms with Gasteiger partial charge >= 0.3 is 0 Å². The molecule has 3 rings (SSSR count). The van der Waals surface area contributed by atoms with Gasteiger partial charge in [0.2, 0.25) is 5.12 Å². The Balaban J connectivity index is 2.12. The molecule has 1 saturated heterocycles. The van der Waals surface area contributed by atoms with E-state index in [0.717, 1.165) is 11.4 Å². The smallest absolute Gasteiger partial charge is 0.246 e. The maximum Gasteiger partial charge on any atom is 0.246 e. The molecule has 1 fully saturated rings. The largest absolute Gasteiger partial charge is 0.314 e. The maximum absolute atomic E-state index is 12.5. The monoisotopic (exact) mass is 299 g/mol. The summed E-state index contributed by atoms with van der Waals surface area (Å²) in [6, 6.07) is 19.9. The van der Waals surface area contributed by atoms with Crippen LogP contribution in [0.1, 0.15) is 6.92 Å². The van der Waals surface area contributed by atoms with Gasteiger partial charge in [0.1, 0.15) is 0 Å². The lowest BCUT2D eigenvalue weighted by Crippen LogP contribution is -2.57. The summed E-state index contributed by atoms with van der Waals surface area (Å²) in [4.78, 5) is 14.5. The number of carbonyl (C=O) groups is 1. The van der Waals surface area contributed by atoms with Gasteiger partial charge in [-0.15, -0.1) is 0 Å². The highest BCUT2D eigenvalue weighted by molar-refractivity contribution is 8.12. The number of para-hydroxylation sites is 2. The van der Waals surface area contributed by atoms with Gasteiger partial charge in [0, 0.05) is 30.4 Å². The molecule has 108 valence electrons. The van der Waals surface area contributed by atoms with Crippen molar-refractivity contribution in [1.82, 2.24) is 9.84 Å². The van der Waals surface area contributed by atoms with Crippen molar-refractivity contribution in [2.75, 3.05) is 11.9 Å². The van der Waals surface area contributed by atoms with Gasteiger partial charge in [-0.2, -0.15) is 4.41 Å². The molecular weight excluding hydrogens is 282 g/mol. The first-order valence-electron chi connectivity index (χ1n) is 6.75. The zero-order chi connectivity index (χ0) is 14.9. The van der Waals surface area contributed by atoms with E-state index in [1.54, 1.807) is 4.41 Å². The number of carbonyl (C=O) groups excluding carboxylic acids is 1. The molecule has 1 N–H and O–H groups in total. The number of hydrogen-bond acceptors (Lipinski definition) is 5. The lowest BCUT2D eigenvalue weighted by atomic mass is 10.1. The first-order valence-corrected chi connectivity index (χ1v) is 7.53. The molecule has 0 amide bonds. The Bertz CT molecular complexity index is 595. The lowest BCUT2D eigenvalue weighted by molar-refractivity contribution is -0.115. The summed E-state index contributed by atoms with van der Waals surface area (Å²) in [5, 5.41) is 0.0673. The molecule has 1 unspecified atom stereocenters. The fourth-order valence-electron chi connectivity index (χ4n) is 2.55. The normalized spacial score (nSPS) is 22.5. The van der Waals surface area contributed by atoms with Crippen molar-refractivity contribution in [3.8, 4) is 0 Å². The Morgan fingerprint density at radius 2 is 1.48 bits per heavy atom. The molecular formula is C16H17N3OS. The third kappa shape index (κ3) is 2.55. The summed E-state index contributed by atoms with van der Waals surface area (Å²) in [5.41, 5.74) is 4.38. The van der Waals surface area contributed by atoms with Crippen molar-refractivity contribution in [1.29, 1.82) is 0 Å². The summed E-state index contributed by atoms with van der Waals surface area (Å²) in [6.07, 6.45) is 0. The number of anilines is 2. The van der Waals surface area contributed by atoms with E-state index in [-0.39, 0.29) is 5.12 Å². The molecule has 0 saturated carbocycles. The average Bonchev–Trinajstić information content (AvgIpc) is 2.75. The molecule has 0 bridgehead atoms. The third-order valence-electron chi connectivity index (χ3n) is 3.47. The number of hydrazine groups is 1. The average molecular weight is 299 g/mol. The van der Waals surface area contributed by atoms with E-state index in [1.165, 1.54) is 11.9 Å². The van der Waals surface area contributed by atoms with Crippen LogP contribution in [-0.4, -0.2) is 22.2 Å². The minimum absolute atomic E-state index is 0.0673. The van der Waals surface area contributed by atoms with Crippen LogP contribution in [0.2, 0.25) is 0 Å². The zero-order valence-corrected chi connectivity index (χ0v) is 12.8. The number of nitrogens with zero attached hydrogens (tertiary/aromatic N) is 2. The van der Waals surface area contributed by atoms with Crippen LogP contribution in [0.5, 0.6) is 0 Å². The van der Waals surface area contributed by atoms with Crippen LogP contribution in [0.4, 0.5) is 11.4 Å². The van der Waals surface area contributed by atoms with Crippen LogP contribution in [0.25, 0.3) is 0 Å². The van der Waals surface area contributed by atoms with E-state index in [4.69, 9.17) is 0 Å². The van der Waals surface area contributed by atoms with Crippen LogP contribution in [0.3, 0.4) is 0 Å². The molecule has 0 spiro atoms. The quantitative estimate of drug-likeness (QED) is 0.881. The minimum atomic E-state index is -0.817. The summed E-state index contributed by atoms with van der Waals surface area (Å²) in [6.45, 7) is 1.91. The predicted molar refractivity (Wildman–Crippen MR) is 86.9 cm³/mol. The molecule has 1 aliphatic heterocycles. The Morgan fingerprint density at radius 3 is 1.86 bits per heavy atom. The van der Waals surface area contributed by atoms with Gasteiger partial charge in [-0.3, -0.25) is 4.79 Å². The number of nitrogens with one attached hydrogen (secondary N) is 1. The fourth-order valence-corrected chi connectivity index (χ4v) is 3.34. The molecule has 2 aromatic rings. The molecule has 1 heterocycles. The first kappa shape index (κ1) is 14.1. The fraction of sp³-hybridized carbons (Fsp3) is 0.188. The van der Waals surface area contributed by atoms with Crippen LogP contribution in [0, 0.1) is 0 Å². The van der Waals surface area contributed by atoms with E-state index in [0.29, 0.717) is 0 Å². The van der Waals surface area contributed by atoms with Crippen LogP contribution >= 0.6 is 11.9 Å². The van der Waals surface area contributed by atoms with Crippen molar-refractivity contribution in [2.45, 2.75) is 12.6 Å². The lowest BCUT2D eigenvalue weighted by Gasteiger charge is -2.38. The standard InChI is InChI=1S/C16H17N3OS/c1-16(15(20)21-18(2)17-16)19(13-9-5-3-6-10-13)14-11-7-4-8-12-14/h3-12,17H,1-2H3. The molecule has 1 aliphatic rings. The highest BCUT2D eigenvalue weighted by Gasteiger charge is 2.47. The molecule has 5 heteroatoms. The van der Waals surface area contributed by atoms with Gasteiger partial charge in [-0.1, -0.05) is 36.4 Å². The Morgan fingerprint density at radius 1 is 1.00 bits per heavy atom. The Kier molecular flexibility index (Phi) is 3.71. The van der Waals surface area contributed by atoms with Crippen LogP contribution in [-0.2, 0) is 4.79 Å². The maximum atomic E-state index is 12.5. The van der Waals surface area contributed by atoms with Gasteiger partial charge in [0.15, 0.2) is 5.66 Å². The van der Waals surface area contributed by atoms with E-state index in [1.807, 2.05) is 79.5 Å². The molecule has 2 aromatic carbocycles. The van der Waals surface area contributed by atoms with Crippen LogP contribution < -0.4 is 10.3 Å². The molecule has 0 aliphatic carbocycles. The summed E-state index contributed by atoms with van der Waals surface area (Å²) in [7, 11) is 1.85. The van der Waals surface area contributed by atoms with Gasteiger partial charge in [-0.05, 0) is 31.2 Å². The highest BCUT2D eigenvalue weighted by atomic mass is 32.2. The molecule has 0 radical (unpaired) electrons. The zero-order valence-electron chi connectivity index (χ0n) is 12.0. The van der Waals surface area contributed by atoms with Crippen molar-refractivity contribution in [3.63, 3.8) is 0 Å². The number of rotatable bonds is 3. The first-order chi connectivity index (χ1) is 10.1. The van der Waals surface area contributed by atoms with Crippen LogP contribution in [0.15, 0.2) is 60.7 Å². The van der Waals surface area contributed by atoms with Gasteiger partial charge in [0.05, 0.1) is 0 Å². The third-order valence-corrected chi connectivity index (χ3v) is 4.40. The Labute approximate surface area is 128 Å². The van der Waals surface area contributed by atoms with E-state index < -0.39 is 5.66 Å². The van der Waals surface area contributed by atoms with Crippen molar-refractivity contribution in [3.05, 3.63) is 60.7 Å². The molecule has 4 nitrogen and oxygen atoms in total. The summed E-state index contributed by atoms with van der Waals surface area (Å²) in [5.74, 6) is 0. The molecule has 21 heavy (non-hydrogen) atoms. The van der Waals surface area contributed by atoms with Crippen molar-refractivity contribution >= 4 is 28.4 Å². The second-order valence-corrected chi connectivity index (χ2v) is 6.17. The number of benzene rings is 2. The van der Waals surface area contributed by atoms with Gasteiger partial charge in [0.25, 0.3) is 0 Å². The van der Waals surface area contributed by atoms with Crippen molar-refractivity contribution in [2.24, 2.45) is 0 Å². The second-order valence-electron chi connectivity index (χ2n) is 5.07. The van der Waals surface area contributed by atoms with Gasteiger partial charge < -0.3 is 4.90 Å². The second kappa shape index (κ2) is 5.52. The minimum Gasteiger partial charge on any atom is -0.314 e. The molecule has 0 aromatic heterocycles. The topological polar surface area (TPSA) is 35.6 Å². The number of hydrogen-bond donors (Lipinski definition) is 1. The van der Waals surface area contributed by atoms with E-state index in [9.17, 15) is 4.79 Å². The summed E-state index contributed by atoms with van der Waals surface area (Å²) >= 11 is 1.19. The molecule has 1 atom stereocenters. The highest BCUT2D eigenvalue weighted by Crippen LogP contribution is 2.38. The van der Waals surface area contributed by atoms with E-state index in [2.05, 4.69) is 5.43 Å². The predicted octanol–water partition coefficient (Wildman–Crippen LogP) is 3.17. The van der Waals surface area contributed by atoms with Gasteiger partial charge in [-0.25, -0.2) is 5.43 Å². The SMILES string of the molecule is CN1NC(C)(N(c2ccccc2)c2ccccc2)C(=O)S1. The van der Waals surface area contributed by atoms with Crippen molar-refractivity contribution < 1.29 is 4.79 Å².